The monoisotopic (exact) mass is 506 g/mol. The number of methoxy groups -OCH3 is 2. The Hall–Kier alpha value is -4.57. The summed E-state index contributed by atoms with van der Waals surface area (Å²) in [4.78, 5) is 24.6. The Morgan fingerprint density at radius 3 is 2.11 bits per heavy atom. The highest BCUT2D eigenvalue weighted by Crippen LogP contribution is 2.29. The fourth-order valence-corrected chi connectivity index (χ4v) is 4.38. The Bertz CT molecular complexity index is 1530. The Balaban J connectivity index is 1.59. The van der Waals surface area contributed by atoms with Crippen LogP contribution in [-0.2, 0) is 14.9 Å². The van der Waals surface area contributed by atoms with Crippen molar-refractivity contribution >= 4 is 44.3 Å². The molecule has 0 saturated heterocycles. The molecule has 4 rings (SSSR count). The Morgan fingerprint density at radius 1 is 0.750 bits per heavy atom. The summed E-state index contributed by atoms with van der Waals surface area (Å²) in [5, 5.41) is 6.80. The van der Waals surface area contributed by atoms with Crippen LogP contribution in [0.5, 0.6) is 11.5 Å². The van der Waals surface area contributed by atoms with Gasteiger partial charge in [-0.05, 0) is 59.3 Å². The van der Waals surface area contributed by atoms with Crippen LogP contribution in [0.1, 0.15) is 10.4 Å². The fourth-order valence-electron chi connectivity index (χ4n) is 3.40. The maximum Gasteiger partial charge on any atom is 0.341 e. The molecule has 0 heterocycles. The average Bonchev–Trinajstić information content (AvgIpc) is 2.88. The molecular formula is C26H22N2O7S. The number of hydrogen-bond donors (Lipinski definition) is 2. The molecule has 0 saturated carbocycles. The van der Waals surface area contributed by atoms with Gasteiger partial charge < -0.3 is 24.3 Å². The molecule has 0 aromatic heterocycles. The molecule has 0 atom stereocenters. The maximum absolute atomic E-state index is 13.1. The number of anilines is 2. The second-order valence-electron chi connectivity index (χ2n) is 7.56. The number of rotatable bonds is 7. The van der Waals surface area contributed by atoms with Crippen molar-refractivity contribution in [2.75, 3.05) is 24.9 Å². The average molecular weight is 507 g/mol. The third kappa shape index (κ3) is 5.56. The third-order valence-electron chi connectivity index (χ3n) is 5.20. The second kappa shape index (κ2) is 10.4. The Kier molecular flexibility index (Phi) is 7.07. The van der Waals surface area contributed by atoms with Crippen molar-refractivity contribution in [3.63, 3.8) is 0 Å². The SMILES string of the molecule is COC(=O)c1ccc(NC(=O)Nc2ccc(OC)cc2)cc1OS(=O)(=O)c1ccc2ccccc2c1. The topological polar surface area (TPSA) is 120 Å². The second-order valence-corrected chi connectivity index (χ2v) is 9.10. The minimum atomic E-state index is -4.32. The molecule has 184 valence electrons. The van der Waals surface area contributed by atoms with Gasteiger partial charge >= 0.3 is 22.1 Å². The van der Waals surface area contributed by atoms with Crippen LogP contribution in [0.4, 0.5) is 16.2 Å². The van der Waals surface area contributed by atoms with E-state index in [4.69, 9.17) is 13.7 Å². The van der Waals surface area contributed by atoms with E-state index in [0.717, 1.165) is 5.39 Å². The van der Waals surface area contributed by atoms with Crippen LogP contribution < -0.4 is 19.6 Å². The van der Waals surface area contributed by atoms with Crippen molar-refractivity contribution in [3.8, 4) is 11.5 Å². The van der Waals surface area contributed by atoms with E-state index in [1.54, 1.807) is 42.5 Å². The molecule has 2 amide bonds. The lowest BCUT2D eigenvalue weighted by Gasteiger charge is -2.13. The molecule has 10 heteroatoms. The molecule has 0 aliphatic carbocycles. The number of carbonyl (C=O) groups excluding carboxylic acids is 2. The van der Waals surface area contributed by atoms with Gasteiger partial charge in [0.1, 0.15) is 16.2 Å². The summed E-state index contributed by atoms with van der Waals surface area (Å²) in [6, 6.07) is 21.9. The van der Waals surface area contributed by atoms with Gasteiger partial charge in [0.05, 0.1) is 14.2 Å². The number of esters is 1. The van der Waals surface area contributed by atoms with Crippen LogP contribution in [0.2, 0.25) is 0 Å². The number of nitrogens with one attached hydrogen (secondary N) is 2. The molecule has 0 radical (unpaired) electrons. The number of amides is 2. The van der Waals surface area contributed by atoms with E-state index in [0.29, 0.717) is 16.8 Å². The quantitative estimate of drug-likeness (QED) is 0.266. The lowest BCUT2D eigenvalue weighted by atomic mass is 10.1. The van der Waals surface area contributed by atoms with Gasteiger partial charge in [0.25, 0.3) is 0 Å². The van der Waals surface area contributed by atoms with E-state index in [1.165, 1.54) is 44.6 Å². The molecule has 4 aromatic rings. The van der Waals surface area contributed by atoms with E-state index in [-0.39, 0.29) is 21.9 Å². The third-order valence-corrected chi connectivity index (χ3v) is 6.43. The van der Waals surface area contributed by atoms with Gasteiger partial charge in [-0.1, -0.05) is 30.3 Å². The van der Waals surface area contributed by atoms with Crippen molar-refractivity contribution in [2.24, 2.45) is 0 Å². The fraction of sp³-hybridized carbons (Fsp3) is 0.0769. The van der Waals surface area contributed by atoms with E-state index in [1.807, 2.05) is 12.1 Å². The zero-order chi connectivity index (χ0) is 25.7. The summed E-state index contributed by atoms with van der Waals surface area (Å²) in [6.07, 6.45) is 0. The summed E-state index contributed by atoms with van der Waals surface area (Å²) in [5.74, 6) is -0.459. The molecule has 0 bridgehead atoms. The number of benzene rings is 4. The zero-order valence-corrected chi connectivity index (χ0v) is 20.2. The van der Waals surface area contributed by atoms with Crippen molar-refractivity contribution < 1.29 is 31.7 Å². The lowest BCUT2D eigenvalue weighted by molar-refractivity contribution is 0.0599. The molecule has 2 N–H and O–H groups in total. The summed E-state index contributed by atoms with van der Waals surface area (Å²) in [7, 11) is -1.62. The van der Waals surface area contributed by atoms with E-state index >= 15 is 0 Å². The summed E-state index contributed by atoms with van der Waals surface area (Å²) in [5.41, 5.74) is 0.579. The summed E-state index contributed by atoms with van der Waals surface area (Å²) in [6.45, 7) is 0. The highest BCUT2D eigenvalue weighted by atomic mass is 32.2. The molecule has 36 heavy (non-hydrogen) atoms. The van der Waals surface area contributed by atoms with Gasteiger partial charge in [0.15, 0.2) is 5.75 Å². The molecule has 0 unspecified atom stereocenters. The standard InChI is InChI=1S/C26H22N2O7S/c1-33-21-11-8-19(9-12-21)27-26(30)28-20-10-14-23(25(29)34-2)24(16-20)35-36(31,32)22-13-7-17-5-3-4-6-18(17)15-22/h3-16H,1-2H3,(H2,27,28,30). The summed E-state index contributed by atoms with van der Waals surface area (Å²) < 4.78 is 41.3. The molecule has 0 fully saturated rings. The van der Waals surface area contributed by atoms with Crippen LogP contribution in [0.15, 0.2) is 89.8 Å². The Morgan fingerprint density at radius 2 is 1.42 bits per heavy atom. The predicted octanol–water partition coefficient (Wildman–Crippen LogP) is 5.05. The van der Waals surface area contributed by atoms with E-state index in [9.17, 15) is 18.0 Å². The van der Waals surface area contributed by atoms with Crippen LogP contribution in [0.3, 0.4) is 0 Å². The molecule has 0 aliphatic heterocycles. The van der Waals surface area contributed by atoms with Gasteiger partial charge in [-0.15, -0.1) is 0 Å². The Labute approximate surface area is 207 Å². The number of ether oxygens (including phenoxy) is 2. The predicted molar refractivity (Wildman–Crippen MR) is 135 cm³/mol. The number of hydrogen-bond acceptors (Lipinski definition) is 7. The first-order valence-electron chi connectivity index (χ1n) is 10.7. The molecule has 0 spiro atoms. The number of urea groups is 1. The van der Waals surface area contributed by atoms with E-state index < -0.39 is 22.1 Å². The van der Waals surface area contributed by atoms with Crippen molar-refractivity contribution in [1.82, 2.24) is 0 Å². The van der Waals surface area contributed by atoms with Gasteiger partial charge in [-0.2, -0.15) is 8.42 Å². The zero-order valence-electron chi connectivity index (χ0n) is 19.3. The largest absolute Gasteiger partial charge is 0.497 e. The number of carbonyl (C=O) groups is 2. The smallest absolute Gasteiger partial charge is 0.341 e. The van der Waals surface area contributed by atoms with Crippen LogP contribution in [0.25, 0.3) is 10.8 Å². The molecular weight excluding hydrogens is 484 g/mol. The normalized spacial score (nSPS) is 10.9. The van der Waals surface area contributed by atoms with Crippen molar-refractivity contribution in [1.29, 1.82) is 0 Å². The van der Waals surface area contributed by atoms with Crippen molar-refractivity contribution in [2.45, 2.75) is 4.90 Å². The first-order chi connectivity index (χ1) is 17.3. The van der Waals surface area contributed by atoms with E-state index in [2.05, 4.69) is 10.6 Å². The first kappa shape index (κ1) is 24.6. The minimum absolute atomic E-state index is 0.0902. The van der Waals surface area contributed by atoms with Gasteiger partial charge in [-0.25, -0.2) is 9.59 Å². The highest BCUT2D eigenvalue weighted by molar-refractivity contribution is 7.87. The van der Waals surface area contributed by atoms with Crippen LogP contribution in [-0.4, -0.2) is 34.6 Å². The van der Waals surface area contributed by atoms with Gasteiger partial charge in [-0.3, -0.25) is 0 Å². The van der Waals surface area contributed by atoms with Gasteiger partial charge in [0.2, 0.25) is 0 Å². The molecule has 9 nitrogen and oxygen atoms in total. The highest BCUT2D eigenvalue weighted by Gasteiger charge is 2.23. The number of fused-ring (bicyclic) bond motifs is 1. The minimum Gasteiger partial charge on any atom is -0.497 e. The van der Waals surface area contributed by atoms with Crippen LogP contribution >= 0.6 is 0 Å². The maximum atomic E-state index is 13.1. The molecule has 4 aromatic carbocycles. The molecule has 0 aliphatic rings. The van der Waals surface area contributed by atoms with Crippen molar-refractivity contribution in [3.05, 3.63) is 90.5 Å². The summed E-state index contributed by atoms with van der Waals surface area (Å²) >= 11 is 0. The first-order valence-corrected chi connectivity index (χ1v) is 12.1. The van der Waals surface area contributed by atoms with Crippen LogP contribution in [0, 0.1) is 0 Å². The lowest BCUT2D eigenvalue weighted by Crippen LogP contribution is -2.20. The van der Waals surface area contributed by atoms with Gasteiger partial charge in [0, 0.05) is 17.4 Å².